The van der Waals surface area contributed by atoms with Crippen LogP contribution in [-0.2, 0) is 7.05 Å². The van der Waals surface area contributed by atoms with Crippen LogP contribution in [0.1, 0.15) is 21.3 Å². The Bertz CT molecular complexity index is 1000. The number of carbonyl (C=O) groups is 1. The molecule has 7 nitrogen and oxygen atoms in total. The van der Waals surface area contributed by atoms with Crippen molar-refractivity contribution in [2.45, 2.75) is 12.2 Å². The fourth-order valence-electron chi connectivity index (χ4n) is 2.86. The number of rotatable bonds is 3. The third-order valence-corrected chi connectivity index (χ3v) is 4.78. The van der Waals surface area contributed by atoms with E-state index < -0.39 is 29.3 Å². The first-order valence-corrected chi connectivity index (χ1v) is 8.29. The predicted octanol–water partition coefficient (Wildman–Crippen LogP) is 2.79. The van der Waals surface area contributed by atoms with Crippen molar-refractivity contribution in [1.82, 2.24) is 24.5 Å². The highest BCUT2D eigenvalue weighted by Gasteiger charge is 2.46. The Morgan fingerprint density at radius 1 is 1.35 bits per heavy atom. The molecule has 1 N–H and O–H groups in total. The van der Waals surface area contributed by atoms with Crippen LogP contribution < -0.4 is 5.32 Å². The minimum Gasteiger partial charge on any atom is -0.320 e. The van der Waals surface area contributed by atoms with Gasteiger partial charge in [-0.05, 0) is 11.4 Å². The highest BCUT2D eigenvalue weighted by Crippen LogP contribution is 2.42. The van der Waals surface area contributed by atoms with E-state index in [2.05, 4.69) is 20.5 Å². The summed E-state index contributed by atoms with van der Waals surface area (Å²) in [6, 6.07) is 2.02. The number of Topliss-reactive ketones (excluding diaryl/α,β-unsaturated/α-hetero) is 1. The second-order valence-electron chi connectivity index (χ2n) is 5.60. The Balaban J connectivity index is 1.98. The van der Waals surface area contributed by atoms with Gasteiger partial charge < -0.3 is 5.32 Å². The fourth-order valence-corrected chi connectivity index (χ4v) is 3.54. The van der Waals surface area contributed by atoms with Crippen LogP contribution in [0.3, 0.4) is 0 Å². The number of nitrogens with zero attached hydrogens (tertiary/aromatic N) is 5. The van der Waals surface area contributed by atoms with Gasteiger partial charge in [-0.1, -0.05) is 6.07 Å². The summed E-state index contributed by atoms with van der Waals surface area (Å²) in [5, 5.41) is 11.9. The Labute approximate surface area is 148 Å². The number of anilines is 1. The number of hydrogen-bond donors (Lipinski definition) is 1. The zero-order valence-corrected chi connectivity index (χ0v) is 14.0. The van der Waals surface area contributed by atoms with E-state index in [0.717, 1.165) is 17.7 Å². The summed E-state index contributed by atoms with van der Waals surface area (Å²) in [6.45, 7) is 0. The van der Waals surface area contributed by atoms with Crippen LogP contribution in [0.15, 0.2) is 47.5 Å². The molecule has 0 fully saturated rings. The zero-order valence-electron chi connectivity index (χ0n) is 13.2. The second-order valence-corrected chi connectivity index (χ2v) is 6.54. The molecule has 0 saturated carbocycles. The van der Waals surface area contributed by atoms with Crippen LogP contribution >= 0.6 is 11.3 Å². The number of ketones is 1. The first kappa shape index (κ1) is 16.5. The lowest BCUT2D eigenvalue weighted by Gasteiger charge is -2.29. The lowest BCUT2D eigenvalue weighted by molar-refractivity contribution is -0.0918. The minimum absolute atomic E-state index is 0.0890. The lowest BCUT2D eigenvalue weighted by Crippen LogP contribution is -2.34. The van der Waals surface area contributed by atoms with Gasteiger partial charge in [-0.15, -0.1) is 11.3 Å². The molecule has 1 aliphatic heterocycles. The number of fused-ring (bicyclic) bond motifs is 1. The third kappa shape index (κ3) is 2.60. The number of thiophene rings is 1. The van der Waals surface area contributed by atoms with Gasteiger partial charge in [0.2, 0.25) is 11.7 Å². The Morgan fingerprint density at radius 2 is 2.15 bits per heavy atom. The average molecular weight is 380 g/mol. The number of hydrogen-bond acceptors (Lipinski definition) is 6. The Kier molecular flexibility index (Phi) is 3.68. The monoisotopic (exact) mass is 380 g/mol. The van der Waals surface area contributed by atoms with E-state index in [1.54, 1.807) is 24.7 Å². The number of allylic oxidation sites excluding steroid dienone is 2. The van der Waals surface area contributed by atoms with Gasteiger partial charge in [-0.2, -0.15) is 28.4 Å². The number of carbonyl (C=O) groups excluding carboxylic acids is 1. The van der Waals surface area contributed by atoms with Gasteiger partial charge in [0, 0.05) is 18.8 Å². The predicted molar refractivity (Wildman–Crippen MR) is 86.7 cm³/mol. The van der Waals surface area contributed by atoms with Crippen molar-refractivity contribution in [2.24, 2.45) is 7.05 Å². The lowest BCUT2D eigenvalue weighted by atomic mass is 9.93. The molecule has 0 aromatic carbocycles. The summed E-state index contributed by atoms with van der Waals surface area (Å²) >= 11 is 1.08. The van der Waals surface area contributed by atoms with Crippen molar-refractivity contribution in [2.75, 3.05) is 5.32 Å². The first-order valence-electron chi connectivity index (χ1n) is 7.41. The minimum atomic E-state index is -4.76. The van der Waals surface area contributed by atoms with Gasteiger partial charge >= 0.3 is 6.18 Å². The van der Waals surface area contributed by atoms with Gasteiger partial charge in [0.05, 0.1) is 16.6 Å². The maximum atomic E-state index is 13.7. The van der Waals surface area contributed by atoms with Crippen molar-refractivity contribution in [1.29, 1.82) is 0 Å². The van der Waals surface area contributed by atoms with Crippen molar-refractivity contribution < 1.29 is 18.0 Å². The number of halogens is 3. The largest absolute Gasteiger partial charge is 0.431 e. The summed E-state index contributed by atoms with van der Waals surface area (Å²) in [5.74, 6) is -0.802. The standard InChI is InChI=1S/C15H11F3N6OS/c1-23-6-8(5-20-23)11-10(12(25)9-3-2-4-26-9)13(15(16,17)18)22-14-19-7-21-24(11)14/h2-7,11H,1H3,(H,19,21,22)/t11-/m1/s1. The molecule has 0 bridgehead atoms. The summed E-state index contributed by atoms with van der Waals surface area (Å²) in [7, 11) is 1.64. The third-order valence-electron chi connectivity index (χ3n) is 3.91. The van der Waals surface area contributed by atoms with Gasteiger partial charge in [-0.3, -0.25) is 9.48 Å². The SMILES string of the molecule is Cn1cc([C@@H]2C(C(=O)c3cccs3)=C(C(F)(F)F)Nc3ncnn32)cn1. The van der Waals surface area contributed by atoms with Gasteiger partial charge in [-0.25, -0.2) is 4.68 Å². The highest BCUT2D eigenvalue weighted by atomic mass is 32.1. The summed E-state index contributed by atoms with van der Waals surface area (Å²) in [4.78, 5) is 17.0. The first-order chi connectivity index (χ1) is 12.4. The summed E-state index contributed by atoms with van der Waals surface area (Å²) in [6.07, 6.45) is -0.660. The van der Waals surface area contributed by atoms with E-state index in [4.69, 9.17) is 0 Å². The van der Waals surface area contributed by atoms with Crippen molar-refractivity contribution in [3.05, 3.63) is 57.9 Å². The molecule has 3 aromatic heterocycles. The van der Waals surface area contributed by atoms with E-state index in [-0.39, 0.29) is 10.8 Å². The van der Waals surface area contributed by atoms with Crippen LogP contribution in [-0.4, -0.2) is 36.5 Å². The quantitative estimate of drug-likeness (QED) is 0.707. The molecule has 3 aromatic rings. The maximum absolute atomic E-state index is 13.7. The zero-order chi connectivity index (χ0) is 18.5. The van der Waals surface area contributed by atoms with E-state index in [1.165, 1.54) is 21.6 Å². The molecule has 0 saturated heterocycles. The second kappa shape index (κ2) is 5.80. The van der Waals surface area contributed by atoms with Gasteiger partial charge in [0.1, 0.15) is 18.1 Å². The molecule has 0 spiro atoms. The normalized spacial score (nSPS) is 17.2. The highest BCUT2D eigenvalue weighted by molar-refractivity contribution is 7.12. The van der Waals surface area contributed by atoms with Crippen molar-refractivity contribution in [3.8, 4) is 0 Å². The van der Waals surface area contributed by atoms with Crippen molar-refractivity contribution in [3.63, 3.8) is 0 Å². The van der Waals surface area contributed by atoms with Crippen molar-refractivity contribution >= 4 is 23.1 Å². The van der Waals surface area contributed by atoms with E-state index in [1.807, 2.05) is 0 Å². The van der Waals surface area contributed by atoms with Gasteiger partial charge in [0.15, 0.2) is 0 Å². The number of aromatic nitrogens is 5. The molecular formula is C15H11F3N6OS. The molecule has 4 rings (SSSR count). The fraction of sp³-hybridized carbons (Fsp3) is 0.200. The molecule has 26 heavy (non-hydrogen) atoms. The van der Waals surface area contributed by atoms with Gasteiger partial charge in [0.25, 0.3) is 0 Å². The molecule has 0 unspecified atom stereocenters. The topological polar surface area (TPSA) is 77.6 Å². The maximum Gasteiger partial charge on any atom is 0.431 e. The van der Waals surface area contributed by atoms with Crippen LogP contribution in [0, 0.1) is 0 Å². The summed E-state index contributed by atoms with van der Waals surface area (Å²) < 4.78 is 43.9. The molecule has 0 radical (unpaired) electrons. The number of nitrogens with one attached hydrogen (secondary N) is 1. The Morgan fingerprint density at radius 3 is 2.77 bits per heavy atom. The van der Waals surface area contributed by atoms with Crippen LogP contribution in [0.2, 0.25) is 0 Å². The van der Waals surface area contributed by atoms with Crippen LogP contribution in [0.25, 0.3) is 0 Å². The molecule has 0 amide bonds. The van der Waals surface area contributed by atoms with Crippen LogP contribution in [0.5, 0.6) is 0 Å². The molecule has 11 heteroatoms. The molecule has 4 heterocycles. The molecule has 1 aliphatic rings. The van der Waals surface area contributed by atoms with E-state index in [0.29, 0.717) is 5.56 Å². The number of alkyl halides is 3. The Hall–Kier alpha value is -2.95. The molecular weight excluding hydrogens is 369 g/mol. The van der Waals surface area contributed by atoms with E-state index >= 15 is 0 Å². The summed E-state index contributed by atoms with van der Waals surface area (Å²) in [5.41, 5.74) is -1.17. The number of aryl methyl sites for hydroxylation is 1. The average Bonchev–Trinajstić information content (AvgIpc) is 3.32. The molecule has 0 aliphatic carbocycles. The molecule has 134 valence electrons. The smallest absolute Gasteiger partial charge is 0.320 e. The molecule has 1 atom stereocenters. The van der Waals surface area contributed by atoms with E-state index in [9.17, 15) is 18.0 Å². The van der Waals surface area contributed by atoms with Crippen LogP contribution in [0.4, 0.5) is 19.1 Å².